The summed E-state index contributed by atoms with van der Waals surface area (Å²) >= 11 is 1.47. The number of anilines is 1. The average Bonchev–Trinajstić information content (AvgIpc) is 2.52. The molecule has 0 aliphatic rings. The molecule has 0 atom stereocenters. The molecule has 74 valence electrons. The zero-order valence-corrected chi connectivity index (χ0v) is 9.21. The van der Waals surface area contributed by atoms with Crippen molar-refractivity contribution < 1.29 is 0 Å². The molecular weight excluding hydrogens is 192 g/mol. The fraction of sp³-hybridized carbons (Fsp3) is 0.182. The van der Waals surface area contributed by atoms with Crippen LogP contribution in [0.15, 0.2) is 35.7 Å². The van der Waals surface area contributed by atoms with E-state index in [-0.39, 0.29) is 0 Å². The number of aromatic nitrogens is 1. The minimum Gasteiger partial charge on any atom is -0.375 e. The molecule has 0 aliphatic carbocycles. The zero-order chi connectivity index (χ0) is 10.4. The number of hydrogen-bond acceptors (Lipinski definition) is 3. The van der Waals surface area contributed by atoms with Gasteiger partial charge in [-0.3, -0.25) is 0 Å². The molecule has 0 radical (unpaired) electrons. The Labute approximate surface area is 88.4 Å². The summed E-state index contributed by atoms with van der Waals surface area (Å²) in [6.07, 6.45) is 0. The van der Waals surface area contributed by atoms with Crippen molar-refractivity contribution >= 4 is 16.5 Å². The standard InChI is InChI=1S/C7H8.C4H6N2S/c1-7-5-3-2-4-6-7;1-3-2-7-4(5)6-3/h2-6H,1H3;2H,1H3,(H2,5,6). The van der Waals surface area contributed by atoms with E-state index >= 15 is 0 Å². The predicted octanol–water partition coefficient (Wildman–Crippen LogP) is 3.03. The smallest absolute Gasteiger partial charge is 0.180 e. The highest BCUT2D eigenvalue weighted by atomic mass is 32.1. The van der Waals surface area contributed by atoms with Crippen LogP contribution >= 0.6 is 11.3 Å². The molecule has 0 saturated heterocycles. The lowest BCUT2D eigenvalue weighted by Crippen LogP contribution is -1.80. The molecule has 1 heterocycles. The van der Waals surface area contributed by atoms with Gasteiger partial charge >= 0.3 is 0 Å². The van der Waals surface area contributed by atoms with Gasteiger partial charge in [0.1, 0.15) is 0 Å². The normalized spacial score (nSPS) is 9.00. The van der Waals surface area contributed by atoms with E-state index in [1.807, 2.05) is 30.5 Å². The summed E-state index contributed by atoms with van der Waals surface area (Å²) in [6, 6.07) is 10.3. The van der Waals surface area contributed by atoms with Crippen LogP contribution in [-0.4, -0.2) is 4.98 Å². The molecule has 0 amide bonds. The quantitative estimate of drug-likeness (QED) is 0.719. The van der Waals surface area contributed by atoms with Crippen molar-refractivity contribution in [1.82, 2.24) is 4.98 Å². The van der Waals surface area contributed by atoms with E-state index in [2.05, 4.69) is 24.0 Å². The minimum absolute atomic E-state index is 0.650. The van der Waals surface area contributed by atoms with Gasteiger partial charge in [-0.2, -0.15) is 0 Å². The largest absolute Gasteiger partial charge is 0.375 e. The molecule has 0 fully saturated rings. The van der Waals surface area contributed by atoms with Crippen molar-refractivity contribution in [3.05, 3.63) is 47.0 Å². The minimum atomic E-state index is 0.650. The van der Waals surface area contributed by atoms with Crippen molar-refractivity contribution in [2.24, 2.45) is 0 Å². The van der Waals surface area contributed by atoms with Gasteiger partial charge < -0.3 is 5.73 Å². The fourth-order valence-electron chi connectivity index (χ4n) is 0.907. The van der Waals surface area contributed by atoms with Gasteiger partial charge in [0, 0.05) is 5.38 Å². The maximum absolute atomic E-state index is 5.29. The molecule has 2 aromatic rings. The number of nitrogens with two attached hydrogens (primary N) is 1. The molecule has 2 nitrogen and oxygen atoms in total. The summed E-state index contributed by atoms with van der Waals surface area (Å²) in [5.41, 5.74) is 7.61. The van der Waals surface area contributed by atoms with Crippen LogP contribution in [0.1, 0.15) is 11.3 Å². The van der Waals surface area contributed by atoms with Gasteiger partial charge in [0.05, 0.1) is 5.69 Å². The van der Waals surface area contributed by atoms with Gasteiger partial charge in [0.25, 0.3) is 0 Å². The van der Waals surface area contributed by atoms with Gasteiger partial charge in [-0.1, -0.05) is 35.9 Å². The second kappa shape index (κ2) is 5.40. The van der Waals surface area contributed by atoms with Crippen LogP contribution in [0.5, 0.6) is 0 Å². The molecule has 1 aromatic heterocycles. The van der Waals surface area contributed by atoms with E-state index < -0.39 is 0 Å². The molecule has 2 rings (SSSR count). The summed E-state index contributed by atoms with van der Waals surface area (Å²) in [5, 5.41) is 2.58. The SMILES string of the molecule is Cc1ccccc1.Cc1csc(N)n1. The van der Waals surface area contributed by atoms with Crippen molar-refractivity contribution in [3.63, 3.8) is 0 Å². The zero-order valence-electron chi connectivity index (χ0n) is 8.40. The highest BCUT2D eigenvalue weighted by molar-refractivity contribution is 7.13. The average molecular weight is 206 g/mol. The van der Waals surface area contributed by atoms with Crippen molar-refractivity contribution in [2.45, 2.75) is 13.8 Å². The van der Waals surface area contributed by atoms with Crippen molar-refractivity contribution in [3.8, 4) is 0 Å². The fourth-order valence-corrected chi connectivity index (χ4v) is 1.45. The van der Waals surface area contributed by atoms with E-state index in [1.165, 1.54) is 16.9 Å². The van der Waals surface area contributed by atoms with Crippen LogP contribution in [0.4, 0.5) is 5.13 Å². The number of hydrogen-bond donors (Lipinski definition) is 1. The third-order valence-corrected chi connectivity index (χ3v) is 2.37. The first-order valence-corrected chi connectivity index (χ1v) is 5.25. The highest BCUT2D eigenvalue weighted by Crippen LogP contribution is 2.08. The maximum Gasteiger partial charge on any atom is 0.180 e. The molecule has 14 heavy (non-hydrogen) atoms. The lowest BCUT2D eigenvalue weighted by atomic mass is 10.2. The van der Waals surface area contributed by atoms with Gasteiger partial charge in [-0.15, -0.1) is 11.3 Å². The Balaban J connectivity index is 0.000000140. The van der Waals surface area contributed by atoms with Crippen molar-refractivity contribution in [1.29, 1.82) is 0 Å². The summed E-state index contributed by atoms with van der Waals surface area (Å²) in [5.74, 6) is 0. The first-order valence-electron chi connectivity index (χ1n) is 4.38. The Morgan fingerprint density at radius 1 is 1.14 bits per heavy atom. The van der Waals surface area contributed by atoms with Gasteiger partial charge in [-0.05, 0) is 13.8 Å². The Bertz CT molecular complexity index is 351. The van der Waals surface area contributed by atoms with E-state index in [4.69, 9.17) is 5.73 Å². The Kier molecular flexibility index (Phi) is 4.13. The summed E-state index contributed by atoms with van der Waals surface area (Å²) in [6.45, 7) is 4.01. The van der Waals surface area contributed by atoms with Gasteiger partial charge in [0.2, 0.25) is 0 Å². The van der Waals surface area contributed by atoms with Crippen LogP contribution in [-0.2, 0) is 0 Å². The van der Waals surface area contributed by atoms with Crippen LogP contribution in [0.2, 0.25) is 0 Å². The number of rotatable bonds is 0. The molecule has 0 saturated carbocycles. The first-order chi connectivity index (χ1) is 6.68. The van der Waals surface area contributed by atoms with E-state index in [0.29, 0.717) is 5.13 Å². The van der Waals surface area contributed by atoms with E-state index in [9.17, 15) is 0 Å². The number of aryl methyl sites for hydroxylation is 2. The molecule has 3 heteroatoms. The highest BCUT2D eigenvalue weighted by Gasteiger charge is 1.86. The third-order valence-electron chi connectivity index (χ3n) is 1.58. The molecule has 0 aliphatic heterocycles. The number of thiazole rings is 1. The second-order valence-electron chi connectivity index (χ2n) is 2.98. The second-order valence-corrected chi connectivity index (χ2v) is 3.87. The number of benzene rings is 1. The Morgan fingerprint density at radius 2 is 1.79 bits per heavy atom. The lowest BCUT2D eigenvalue weighted by molar-refractivity contribution is 1.27. The molecule has 0 spiro atoms. The van der Waals surface area contributed by atoms with E-state index in [0.717, 1.165) is 5.69 Å². The van der Waals surface area contributed by atoms with Crippen LogP contribution < -0.4 is 5.73 Å². The molecule has 0 bridgehead atoms. The molecular formula is C11H14N2S. The summed E-state index contributed by atoms with van der Waals surface area (Å²) in [4.78, 5) is 3.91. The first kappa shape index (κ1) is 10.7. The number of nitrogens with zero attached hydrogens (tertiary/aromatic N) is 1. The topological polar surface area (TPSA) is 38.9 Å². The van der Waals surface area contributed by atoms with E-state index in [1.54, 1.807) is 0 Å². The van der Waals surface area contributed by atoms with Crippen LogP contribution in [0, 0.1) is 13.8 Å². The van der Waals surface area contributed by atoms with Crippen LogP contribution in [0.25, 0.3) is 0 Å². The maximum atomic E-state index is 5.29. The molecule has 0 unspecified atom stereocenters. The molecule has 1 aromatic carbocycles. The van der Waals surface area contributed by atoms with Gasteiger partial charge in [-0.25, -0.2) is 4.98 Å². The Morgan fingerprint density at radius 3 is 2.00 bits per heavy atom. The molecule has 2 N–H and O–H groups in total. The summed E-state index contributed by atoms with van der Waals surface area (Å²) in [7, 11) is 0. The monoisotopic (exact) mass is 206 g/mol. The summed E-state index contributed by atoms with van der Waals surface area (Å²) < 4.78 is 0. The van der Waals surface area contributed by atoms with Crippen LogP contribution in [0.3, 0.4) is 0 Å². The van der Waals surface area contributed by atoms with Crippen molar-refractivity contribution in [2.75, 3.05) is 5.73 Å². The Hall–Kier alpha value is -1.35. The number of nitrogen functional groups attached to an aromatic ring is 1. The van der Waals surface area contributed by atoms with Gasteiger partial charge in [0.15, 0.2) is 5.13 Å². The third kappa shape index (κ3) is 4.05. The predicted molar refractivity (Wildman–Crippen MR) is 62.4 cm³/mol. The lowest BCUT2D eigenvalue weighted by Gasteiger charge is -1.82.